The van der Waals surface area contributed by atoms with E-state index in [4.69, 9.17) is 0 Å². The second kappa shape index (κ2) is 9.05. The van der Waals surface area contributed by atoms with Gasteiger partial charge in [-0.25, -0.2) is 0 Å². The highest BCUT2D eigenvalue weighted by Gasteiger charge is 2.23. The number of hydrogen-bond acceptors (Lipinski definition) is 4. The zero-order valence-corrected chi connectivity index (χ0v) is 20.3. The maximum Gasteiger partial charge on any atom is 0.0723 e. The maximum absolute atomic E-state index is 4.61. The van der Waals surface area contributed by atoms with Gasteiger partial charge in [0.2, 0.25) is 0 Å². The average molecular weight is 459 g/mol. The first-order chi connectivity index (χ1) is 17.1. The Balaban J connectivity index is 1.27. The second-order valence-electron chi connectivity index (χ2n) is 9.68. The smallest absolute Gasteiger partial charge is 0.0723 e. The van der Waals surface area contributed by atoms with Crippen LogP contribution in [-0.2, 0) is 0 Å². The summed E-state index contributed by atoms with van der Waals surface area (Å²) in [5, 5.41) is 7.27. The number of nitrogens with one attached hydrogen (secondary N) is 1. The Morgan fingerprint density at radius 1 is 0.829 bits per heavy atom. The van der Waals surface area contributed by atoms with Crippen molar-refractivity contribution >= 4 is 38.7 Å². The van der Waals surface area contributed by atoms with Gasteiger partial charge < -0.3 is 15.1 Å². The number of rotatable bonds is 5. The van der Waals surface area contributed by atoms with Crippen molar-refractivity contribution in [2.45, 2.75) is 12.5 Å². The fourth-order valence-electron chi connectivity index (χ4n) is 5.11. The molecule has 0 amide bonds. The van der Waals surface area contributed by atoms with Crippen molar-refractivity contribution in [3.05, 3.63) is 97.2 Å². The van der Waals surface area contributed by atoms with Crippen molar-refractivity contribution in [3.8, 4) is 11.1 Å². The summed E-state index contributed by atoms with van der Waals surface area (Å²) in [6.45, 7) is 2.20. The fraction of sp³-hybridized carbons (Fsp3) is 0.194. The molecule has 1 aliphatic rings. The predicted molar refractivity (Wildman–Crippen MR) is 149 cm³/mol. The Labute approximate surface area is 206 Å². The predicted octanol–water partition coefficient (Wildman–Crippen LogP) is 6.94. The lowest BCUT2D eigenvalue weighted by molar-refractivity contribution is 0.315. The van der Waals surface area contributed by atoms with Crippen LogP contribution in [0, 0.1) is 0 Å². The highest BCUT2D eigenvalue weighted by atomic mass is 15.2. The molecule has 1 aromatic heterocycles. The summed E-state index contributed by atoms with van der Waals surface area (Å²) >= 11 is 0. The topological polar surface area (TPSA) is 31.4 Å². The molecule has 0 radical (unpaired) electrons. The summed E-state index contributed by atoms with van der Waals surface area (Å²) in [7, 11) is 4.34. The molecule has 35 heavy (non-hydrogen) atoms. The molecule has 2 heterocycles. The standard InChI is InChI=1S/C31H30N4/c1-34(2)28-16-18-35(21-28)27-12-10-26(11-13-27)33-31-15-17-32-30-14-9-25(20-29(30)31)24-8-7-22-5-3-4-6-23(22)19-24/h3-15,17,19-20,28H,16,18,21H2,1-2H3,(H,32,33). The van der Waals surface area contributed by atoms with Crippen LogP contribution in [0.2, 0.25) is 0 Å². The zero-order valence-electron chi connectivity index (χ0n) is 20.3. The van der Waals surface area contributed by atoms with Crippen LogP contribution in [0.1, 0.15) is 6.42 Å². The summed E-state index contributed by atoms with van der Waals surface area (Å²) in [4.78, 5) is 9.41. The first-order valence-corrected chi connectivity index (χ1v) is 12.3. The van der Waals surface area contributed by atoms with Gasteiger partial charge in [0, 0.05) is 47.8 Å². The van der Waals surface area contributed by atoms with E-state index in [0.717, 1.165) is 35.4 Å². The van der Waals surface area contributed by atoms with Crippen molar-refractivity contribution in [1.82, 2.24) is 9.88 Å². The largest absolute Gasteiger partial charge is 0.370 e. The number of hydrogen-bond donors (Lipinski definition) is 1. The van der Waals surface area contributed by atoms with Gasteiger partial charge in [-0.2, -0.15) is 0 Å². The van der Waals surface area contributed by atoms with E-state index < -0.39 is 0 Å². The molecule has 0 spiro atoms. The van der Waals surface area contributed by atoms with Crippen molar-refractivity contribution in [1.29, 1.82) is 0 Å². The van der Waals surface area contributed by atoms with Gasteiger partial charge in [0.25, 0.3) is 0 Å². The van der Waals surface area contributed by atoms with E-state index in [1.165, 1.54) is 34.0 Å². The molecule has 1 atom stereocenters. The molecule has 1 N–H and O–H groups in total. The number of benzene rings is 4. The maximum atomic E-state index is 4.61. The number of pyridine rings is 1. The summed E-state index contributed by atoms with van der Waals surface area (Å²) in [5.41, 5.74) is 6.84. The van der Waals surface area contributed by atoms with Crippen LogP contribution < -0.4 is 10.2 Å². The molecule has 0 saturated carbocycles. The molecule has 0 aliphatic carbocycles. The summed E-state index contributed by atoms with van der Waals surface area (Å²) in [5.74, 6) is 0. The van der Waals surface area contributed by atoms with Crippen LogP contribution in [-0.4, -0.2) is 43.1 Å². The molecular weight excluding hydrogens is 428 g/mol. The molecule has 1 saturated heterocycles. The van der Waals surface area contributed by atoms with Crippen LogP contribution in [0.4, 0.5) is 17.1 Å². The van der Waals surface area contributed by atoms with E-state index in [0.29, 0.717) is 6.04 Å². The Morgan fingerprint density at radius 2 is 1.60 bits per heavy atom. The summed E-state index contributed by atoms with van der Waals surface area (Å²) < 4.78 is 0. The van der Waals surface area contributed by atoms with Crippen LogP contribution in [0.5, 0.6) is 0 Å². The van der Waals surface area contributed by atoms with Crippen LogP contribution >= 0.6 is 0 Å². The van der Waals surface area contributed by atoms with Gasteiger partial charge in [-0.1, -0.05) is 42.5 Å². The van der Waals surface area contributed by atoms with E-state index in [9.17, 15) is 0 Å². The van der Waals surface area contributed by atoms with E-state index >= 15 is 0 Å². The van der Waals surface area contributed by atoms with E-state index in [1.54, 1.807) is 0 Å². The van der Waals surface area contributed by atoms with Crippen LogP contribution in [0.15, 0.2) is 97.2 Å². The van der Waals surface area contributed by atoms with Gasteiger partial charge in [-0.05, 0) is 90.9 Å². The number of aromatic nitrogens is 1. The Hall–Kier alpha value is -3.89. The van der Waals surface area contributed by atoms with Crippen LogP contribution in [0.25, 0.3) is 32.8 Å². The van der Waals surface area contributed by atoms with Gasteiger partial charge >= 0.3 is 0 Å². The van der Waals surface area contributed by atoms with Gasteiger partial charge in [-0.3, -0.25) is 4.98 Å². The third-order valence-electron chi connectivity index (χ3n) is 7.23. The summed E-state index contributed by atoms with van der Waals surface area (Å²) in [6.07, 6.45) is 3.09. The zero-order chi connectivity index (χ0) is 23.8. The number of fused-ring (bicyclic) bond motifs is 2. The van der Waals surface area contributed by atoms with Crippen molar-refractivity contribution in [2.75, 3.05) is 37.4 Å². The van der Waals surface area contributed by atoms with E-state index in [-0.39, 0.29) is 0 Å². The SMILES string of the molecule is CN(C)C1CCN(c2ccc(Nc3ccnc4ccc(-c5ccc6ccccc6c5)cc34)cc2)C1. The average Bonchev–Trinajstić information content (AvgIpc) is 3.40. The van der Waals surface area contributed by atoms with Gasteiger partial charge in [0.05, 0.1) is 5.52 Å². The van der Waals surface area contributed by atoms with E-state index in [2.05, 4.69) is 125 Å². The number of likely N-dealkylation sites (N-methyl/N-ethyl adjacent to an activating group) is 1. The van der Waals surface area contributed by atoms with Gasteiger partial charge in [0.1, 0.15) is 0 Å². The Kier molecular flexibility index (Phi) is 5.59. The Bertz CT molecular complexity index is 1490. The van der Waals surface area contributed by atoms with Crippen molar-refractivity contribution in [2.24, 2.45) is 0 Å². The lowest BCUT2D eigenvalue weighted by Gasteiger charge is -2.22. The molecule has 174 valence electrons. The molecule has 0 bridgehead atoms. The van der Waals surface area contributed by atoms with Crippen molar-refractivity contribution in [3.63, 3.8) is 0 Å². The van der Waals surface area contributed by atoms with Gasteiger partial charge in [-0.15, -0.1) is 0 Å². The lowest BCUT2D eigenvalue weighted by atomic mass is 9.99. The molecular formula is C31H30N4. The first-order valence-electron chi connectivity index (χ1n) is 12.3. The lowest BCUT2D eigenvalue weighted by Crippen LogP contribution is -2.31. The number of nitrogens with zero attached hydrogens (tertiary/aromatic N) is 3. The number of anilines is 3. The third kappa shape index (κ3) is 4.33. The first kappa shape index (κ1) is 21.6. The minimum Gasteiger partial charge on any atom is -0.370 e. The molecule has 5 aromatic rings. The minimum absolute atomic E-state index is 0.632. The van der Waals surface area contributed by atoms with Gasteiger partial charge in [0.15, 0.2) is 0 Å². The molecule has 6 rings (SSSR count). The Morgan fingerprint density at radius 3 is 2.40 bits per heavy atom. The van der Waals surface area contributed by atoms with Crippen LogP contribution in [0.3, 0.4) is 0 Å². The fourth-order valence-corrected chi connectivity index (χ4v) is 5.11. The third-order valence-corrected chi connectivity index (χ3v) is 7.23. The monoisotopic (exact) mass is 458 g/mol. The highest BCUT2D eigenvalue weighted by Crippen LogP contribution is 2.32. The molecule has 4 nitrogen and oxygen atoms in total. The molecule has 4 aromatic carbocycles. The normalized spacial score (nSPS) is 15.9. The highest BCUT2D eigenvalue weighted by molar-refractivity contribution is 5.96. The molecule has 1 aliphatic heterocycles. The summed E-state index contributed by atoms with van der Waals surface area (Å²) in [6, 6.07) is 33.2. The molecule has 1 fully saturated rings. The molecule has 4 heteroatoms. The molecule has 1 unspecified atom stereocenters. The quantitative estimate of drug-likeness (QED) is 0.309. The minimum atomic E-state index is 0.632. The van der Waals surface area contributed by atoms with Crippen molar-refractivity contribution < 1.29 is 0 Å². The second-order valence-corrected chi connectivity index (χ2v) is 9.68. The van der Waals surface area contributed by atoms with E-state index in [1.807, 2.05) is 6.20 Å².